The van der Waals surface area contributed by atoms with Crippen LogP contribution in [0, 0.1) is 5.82 Å². The summed E-state index contributed by atoms with van der Waals surface area (Å²) >= 11 is 9.92. The summed E-state index contributed by atoms with van der Waals surface area (Å²) in [5, 5.41) is 7.95. The molecule has 0 unspecified atom stereocenters. The Bertz CT molecular complexity index is 1580. The predicted molar refractivity (Wildman–Crippen MR) is 154 cm³/mol. The molecule has 3 aromatic carbocycles. The Morgan fingerprint density at radius 2 is 1.90 bits per heavy atom. The molecule has 1 aliphatic rings. The minimum absolute atomic E-state index is 0.167. The molecule has 39 heavy (non-hydrogen) atoms. The lowest BCUT2D eigenvalue weighted by Crippen LogP contribution is -2.25. The molecule has 5 rings (SSSR count). The van der Waals surface area contributed by atoms with Crippen molar-refractivity contribution >= 4 is 56.2 Å². The van der Waals surface area contributed by atoms with E-state index in [0.717, 1.165) is 25.7 Å². The highest BCUT2D eigenvalue weighted by Crippen LogP contribution is 2.35. The van der Waals surface area contributed by atoms with Gasteiger partial charge in [-0.15, -0.1) is 0 Å². The first-order valence-corrected chi connectivity index (χ1v) is 13.8. The van der Waals surface area contributed by atoms with Crippen molar-refractivity contribution in [1.82, 2.24) is 9.66 Å². The molecular formula is C29H25BrClFN4O3. The molecule has 1 saturated carbocycles. The average Bonchev–Trinajstić information content (AvgIpc) is 2.94. The Morgan fingerprint density at radius 1 is 1.15 bits per heavy atom. The summed E-state index contributed by atoms with van der Waals surface area (Å²) in [4.78, 5) is 30.5. The number of hydrogen-bond acceptors (Lipinski definition) is 5. The zero-order valence-corrected chi connectivity index (χ0v) is 23.2. The van der Waals surface area contributed by atoms with E-state index < -0.39 is 11.7 Å². The molecule has 0 atom stereocenters. The molecular weight excluding hydrogens is 587 g/mol. The number of amides is 1. The maximum absolute atomic E-state index is 13.4. The van der Waals surface area contributed by atoms with Crippen LogP contribution in [0.2, 0.25) is 5.02 Å². The highest BCUT2D eigenvalue weighted by Gasteiger charge is 2.22. The van der Waals surface area contributed by atoms with Crippen LogP contribution in [0.25, 0.3) is 10.9 Å². The van der Waals surface area contributed by atoms with Crippen LogP contribution in [0.5, 0.6) is 5.75 Å². The molecule has 0 saturated heterocycles. The third-order valence-corrected chi connectivity index (χ3v) is 7.44. The number of carbonyl (C=O) groups is 1. The van der Waals surface area contributed by atoms with E-state index in [2.05, 4.69) is 26.3 Å². The van der Waals surface area contributed by atoms with Gasteiger partial charge in [-0.3, -0.25) is 9.59 Å². The van der Waals surface area contributed by atoms with Gasteiger partial charge in [0.15, 0.2) is 12.4 Å². The summed E-state index contributed by atoms with van der Waals surface area (Å²) in [6.07, 6.45) is 6.89. The van der Waals surface area contributed by atoms with Crippen LogP contribution in [-0.4, -0.2) is 28.4 Å². The summed E-state index contributed by atoms with van der Waals surface area (Å²) in [6.45, 7) is -0.300. The number of hydrogen-bond donors (Lipinski definition) is 1. The number of rotatable bonds is 7. The molecule has 1 heterocycles. The van der Waals surface area contributed by atoms with Gasteiger partial charge >= 0.3 is 0 Å². The maximum Gasteiger partial charge on any atom is 0.282 e. The van der Waals surface area contributed by atoms with Crippen LogP contribution in [0.1, 0.15) is 49.4 Å². The van der Waals surface area contributed by atoms with Gasteiger partial charge in [-0.25, -0.2) is 9.37 Å². The van der Waals surface area contributed by atoms with Crippen molar-refractivity contribution in [3.05, 3.63) is 97.7 Å². The fourth-order valence-electron chi connectivity index (χ4n) is 4.66. The van der Waals surface area contributed by atoms with E-state index in [1.165, 1.54) is 35.4 Å². The van der Waals surface area contributed by atoms with E-state index in [1.807, 2.05) is 18.2 Å². The number of ether oxygens (including phenoxy) is 1. The number of aromatic nitrogens is 2. The first-order valence-electron chi connectivity index (χ1n) is 12.6. The van der Waals surface area contributed by atoms with Crippen molar-refractivity contribution in [1.29, 1.82) is 0 Å². The monoisotopic (exact) mass is 610 g/mol. The molecule has 0 radical (unpaired) electrons. The van der Waals surface area contributed by atoms with Gasteiger partial charge < -0.3 is 10.1 Å². The molecule has 0 bridgehead atoms. The minimum Gasteiger partial charge on any atom is -0.481 e. The normalized spacial score (nSPS) is 14.1. The Balaban J connectivity index is 1.37. The van der Waals surface area contributed by atoms with Crippen LogP contribution < -0.4 is 15.6 Å². The van der Waals surface area contributed by atoms with Crippen LogP contribution in [0.15, 0.2) is 75.0 Å². The van der Waals surface area contributed by atoms with Crippen LogP contribution in [0.3, 0.4) is 0 Å². The lowest BCUT2D eigenvalue weighted by atomic mass is 9.88. The van der Waals surface area contributed by atoms with Gasteiger partial charge in [-0.1, -0.05) is 43.0 Å². The lowest BCUT2D eigenvalue weighted by molar-refractivity contribution is -0.118. The summed E-state index contributed by atoms with van der Waals surface area (Å²) in [5.41, 5.74) is 1.54. The molecule has 4 aromatic rings. The van der Waals surface area contributed by atoms with Crippen molar-refractivity contribution in [2.24, 2.45) is 5.10 Å². The molecule has 1 fully saturated rings. The number of fused-ring (bicyclic) bond motifs is 1. The van der Waals surface area contributed by atoms with Gasteiger partial charge in [0.2, 0.25) is 0 Å². The fourth-order valence-corrected chi connectivity index (χ4v) is 5.65. The number of nitrogens with one attached hydrogen (secondary N) is 1. The van der Waals surface area contributed by atoms with Crippen LogP contribution in [-0.2, 0) is 4.79 Å². The summed E-state index contributed by atoms with van der Waals surface area (Å²) in [5.74, 6) is 0.312. The van der Waals surface area contributed by atoms with Crippen molar-refractivity contribution in [2.75, 3.05) is 11.9 Å². The van der Waals surface area contributed by atoms with Crippen molar-refractivity contribution < 1.29 is 13.9 Å². The standard InChI is InChI=1S/C29H25BrClFN4O3/c30-23-14-18(15-24(31)27(23)39-17-26(37)34-21-12-10-20(32)11-13-21)16-33-36-28(19-6-2-1-3-7-19)35-25-9-5-4-8-22(25)29(36)38/h4-5,8-16,19H,1-3,6-7,17H2,(H,34,37). The second-order valence-electron chi connectivity index (χ2n) is 9.34. The summed E-state index contributed by atoms with van der Waals surface area (Å²) in [6, 6.07) is 16.1. The number of carbonyl (C=O) groups excluding carboxylic acids is 1. The van der Waals surface area contributed by atoms with E-state index in [4.69, 9.17) is 21.3 Å². The first-order chi connectivity index (χ1) is 18.9. The molecule has 1 amide bonds. The second kappa shape index (κ2) is 12.1. The minimum atomic E-state index is -0.423. The number of benzene rings is 3. The largest absolute Gasteiger partial charge is 0.481 e. The highest BCUT2D eigenvalue weighted by atomic mass is 79.9. The first kappa shape index (κ1) is 27.0. The van der Waals surface area contributed by atoms with Gasteiger partial charge in [0.1, 0.15) is 11.6 Å². The predicted octanol–water partition coefficient (Wildman–Crippen LogP) is 6.90. The molecule has 10 heteroatoms. The van der Waals surface area contributed by atoms with Crippen molar-refractivity contribution in [2.45, 2.75) is 38.0 Å². The van der Waals surface area contributed by atoms with E-state index in [9.17, 15) is 14.0 Å². The fraction of sp³-hybridized carbons (Fsp3) is 0.241. The Hall–Kier alpha value is -3.56. The molecule has 7 nitrogen and oxygen atoms in total. The van der Waals surface area contributed by atoms with Gasteiger partial charge in [0.25, 0.3) is 11.5 Å². The molecule has 200 valence electrons. The molecule has 0 spiro atoms. The maximum atomic E-state index is 13.4. The zero-order chi connectivity index (χ0) is 27.4. The molecule has 1 aliphatic carbocycles. The highest BCUT2D eigenvalue weighted by molar-refractivity contribution is 9.10. The van der Waals surface area contributed by atoms with Crippen molar-refractivity contribution in [3.8, 4) is 5.75 Å². The van der Waals surface area contributed by atoms with E-state index in [1.54, 1.807) is 24.4 Å². The van der Waals surface area contributed by atoms with E-state index in [0.29, 0.717) is 32.5 Å². The number of para-hydroxylation sites is 1. The van der Waals surface area contributed by atoms with Gasteiger partial charge in [0, 0.05) is 11.6 Å². The smallest absolute Gasteiger partial charge is 0.282 e. The SMILES string of the molecule is O=C(COc1c(Cl)cc(C=Nn2c(C3CCCCC3)nc3ccccc3c2=O)cc1Br)Nc1ccc(F)cc1. The molecule has 0 aliphatic heterocycles. The number of anilines is 1. The summed E-state index contributed by atoms with van der Waals surface area (Å²) < 4.78 is 20.6. The van der Waals surface area contributed by atoms with Crippen LogP contribution in [0.4, 0.5) is 10.1 Å². The van der Waals surface area contributed by atoms with E-state index >= 15 is 0 Å². The number of halogens is 3. The lowest BCUT2D eigenvalue weighted by Gasteiger charge is -2.22. The van der Waals surface area contributed by atoms with Gasteiger partial charge in [-0.05, 0) is 82.9 Å². The van der Waals surface area contributed by atoms with Crippen molar-refractivity contribution in [3.63, 3.8) is 0 Å². The quantitative estimate of drug-likeness (QED) is 0.231. The molecule has 1 aromatic heterocycles. The Morgan fingerprint density at radius 3 is 2.64 bits per heavy atom. The van der Waals surface area contributed by atoms with Crippen LogP contribution >= 0.6 is 27.5 Å². The average molecular weight is 612 g/mol. The molecule has 1 N–H and O–H groups in total. The Labute approximate surface area is 237 Å². The topological polar surface area (TPSA) is 85.6 Å². The third-order valence-electron chi connectivity index (χ3n) is 6.57. The third kappa shape index (κ3) is 6.37. The van der Waals surface area contributed by atoms with Gasteiger partial charge in [-0.2, -0.15) is 9.78 Å². The number of nitrogens with zero attached hydrogens (tertiary/aromatic N) is 3. The van der Waals surface area contributed by atoms with E-state index in [-0.39, 0.29) is 28.9 Å². The van der Waals surface area contributed by atoms with Gasteiger partial charge in [0.05, 0.1) is 26.6 Å². The Kier molecular flexibility index (Phi) is 8.38. The second-order valence-corrected chi connectivity index (χ2v) is 10.6. The zero-order valence-electron chi connectivity index (χ0n) is 20.9. The summed E-state index contributed by atoms with van der Waals surface area (Å²) in [7, 11) is 0.